The van der Waals surface area contributed by atoms with Crippen molar-refractivity contribution in [3.05, 3.63) is 0 Å². The van der Waals surface area contributed by atoms with Crippen LogP contribution in [-0.2, 0) is 9.47 Å². The second kappa shape index (κ2) is 3.72. The van der Waals surface area contributed by atoms with E-state index < -0.39 is 0 Å². The number of rotatable bonds is 2. The summed E-state index contributed by atoms with van der Waals surface area (Å²) in [6.45, 7) is 9.41. The van der Waals surface area contributed by atoms with Crippen LogP contribution < -0.4 is 0 Å². The molecular formula is C12H23NO2. The molecule has 1 saturated heterocycles. The van der Waals surface area contributed by atoms with Gasteiger partial charge in [0.05, 0.1) is 12.2 Å². The van der Waals surface area contributed by atoms with E-state index >= 15 is 0 Å². The van der Waals surface area contributed by atoms with E-state index in [4.69, 9.17) is 9.47 Å². The van der Waals surface area contributed by atoms with Crippen molar-refractivity contribution in [1.82, 2.24) is 4.90 Å². The molecule has 1 aliphatic heterocycles. The summed E-state index contributed by atoms with van der Waals surface area (Å²) in [5, 5.41) is 0. The van der Waals surface area contributed by atoms with Crippen molar-refractivity contribution in [2.75, 3.05) is 26.8 Å². The van der Waals surface area contributed by atoms with Gasteiger partial charge in [-0.1, -0.05) is 0 Å². The lowest BCUT2D eigenvalue weighted by atomic mass is 10.1. The van der Waals surface area contributed by atoms with Gasteiger partial charge in [-0.3, -0.25) is 4.90 Å². The quantitative estimate of drug-likeness (QED) is 0.696. The van der Waals surface area contributed by atoms with E-state index in [9.17, 15) is 0 Å². The predicted molar refractivity (Wildman–Crippen MR) is 60.0 cm³/mol. The van der Waals surface area contributed by atoms with Crippen molar-refractivity contribution in [1.29, 1.82) is 0 Å². The third-order valence-corrected chi connectivity index (χ3v) is 3.74. The highest BCUT2D eigenvalue weighted by molar-refractivity contribution is 5.02. The van der Waals surface area contributed by atoms with Gasteiger partial charge in [-0.05, 0) is 33.6 Å². The molecule has 1 atom stereocenters. The Hall–Kier alpha value is -0.120. The molecule has 15 heavy (non-hydrogen) atoms. The first kappa shape index (κ1) is 11.4. The van der Waals surface area contributed by atoms with Gasteiger partial charge in [0.1, 0.15) is 5.60 Å². The molecule has 0 aromatic rings. The zero-order chi connectivity index (χ0) is 11.1. The molecule has 3 heteroatoms. The molecule has 0 amide bonds. The van der Waals surface area contributed by atoms with Gasteiger partial charge in [0, 0.05) is 26.2 Å². The molecule has 88 valence electrons. The first-order chi connectivity index (χ1) is 6.99. The van der Waals surface area contributed by atoms with Crippen LogP contribution in [0.15, 0.2) is 0 Å². The molecule has 2 fully saturated rings. The minimum absolute atomic E-state index is 0.143. The van der Waals surface area contributed by atoms with Gasteiger partial charge in [0.25, 0.3) is 0 Å². The first-order valence-electron chi connectivity index (χ1n) is 5.92. The van der Waals surface area contributed by atoms with Crippen LogP contribution in [0, 0.1) is 0 Å². The molecule has 2 rings (SSSR count). The molecule has 0 radical (unpaired) electrons. The maximum atomic E-state index is 6.02. The van der Waals surface area contributed by atoms with Gasteiger partial charge in [-0.15, -0.1) is 0 Å². The molecule has 1 aliphatic carbocycles. The van der Waals surface area contributed by atoms with Gasteiger partial charge in [-0.2, -0.15) is 0 Å². The summed E-state index contributed by atoms with van der Waals surface area (Å²) >= 11 is 0. The highest BCUT2D eigenvalue weighted by atomic mass is 16.6. The molecule has 1 spiro atoms. The lowest BCUT2D eigenvalue weighted by Gasteiger charge is -2.33. The van der Waals surface area contributed by atoms with Crippen molar-refractivity contribution < 1.29 is 9.47 Å². The number of hydrogen-bond acceptors (Lipinski definition) is 3. The van der Waals surface area contributed by atoms with Crippen LogP contribution in [-0.4, -0.2) is 49.0 Å². The first-order valence-corrected chi connectivity index (χ1v) is 5.92. The fourth-order valence-electron chi connectivity index (χ4n) is 2.18. The Balaban J connectivity index is 2.10. The molecule has 0 bridgehead atoms. The van der Waals surface area contributed by atoms with Gasteiger partial charge in [0.2, 0.25) is 0 Å². The molecule has 0 N–H and O–H groups in total. The second-order valence-electron chi connectivity index (χ2n) is 5.62. The van der Waals surface area contributed by atoms with Crippen LogP contribution in [0.4, 0.5) is 0 Å². The fraction of sp³-hybridized carbons (Fsp3) is 1.00. The third kappa shape index (κ3) is 2.35. The van der Waals surface area contributed by atoms with Crippen molar-refractivity contribution in [3.8, 4) is 0 Å². The average molecular weight is 213 g/mol. The molecule has 2 aliphatic rings. The van der Waals surface area contributed by atoms with Crippen LogP contribution in [0.1, 0.15) is 33.6 Å². The zero-order valence-electron chi connectivity index (χ0n) is 10.4. The van der Waals surface area contributed by atoms with Crippen molar-refractivity contribution in [2.24, 2.45) is 0 Å². The third-order valence-electron chi connectivity index (χ3n) is 3.74. The van der Waals surface area contributed by atoms with Gasteiger partial charge >= 0.3 is 0 Å². The monoisotopic (exact) mass is 213 g/mol. The summed E-state index contributed by atoms with van der Waals surface area (Å²) in [7, 11) is 1.78. The van der Waals surface area contributed by atoms with Gasteiger partial charge in [0.15, 0.2) is 0 Å². The van der Waals surface area contributed by atoms with E-state index in [1.54, 1.807) is 7.11 Å². The SMILES string of the molecule is CO[C@@]1(C)COC2(CC2)CN(C(C)C)C1. The van der Waals surface area contributed by atoms with Crippen LogP contribution in [0.2, 0.25) is 0 Å². The Labute approximate surface area is 92.7 Å². The minimum atomic E-state index is -0.143. The van der Waals surface area contributed by atoms with E-state index in [-0.39, 0.29) is 11.2 Å². The Morgan fingerprint density at radius 1 is 1.27 bits per heavy atom. The predicted octanol–water partition coefficient (Wildman–Crippen LogP) is 1.66. The van der Waals surface area contributed by atoms with E-state index in [2.05, 4.69) is 25.7 Å². The maximum Gasteiger partial charge on any atom is 0.101 e. The average Bonchev–Trinajstić information content (AvgIpc) is 2.96. The summed E-state index contributed by atoms with van der Waals surface area (Å²) in [6.07, 6.45) is 2.44. The summed E-state index contributed by atoms with van der Waals surface area (Å²) in [5.41, 5.74) is 0.0247. The Morgan fingerprint density at radius 2 is 1.93 bits per heavy atom. The van der Waals surface area contributed by atoms with E-state index in [1.807, 2.05) is 0 Å². The fourth-order valence-corrected chi connectivity index (χ4v) is 2.18. The lowest BCUT2D eigenvalue weighted by molar-refractivity contribution is -0.0749. The number of hydrogen-bond donors (Lipinski definition) is 0. The van der Waals surface area contributed by atoms with Crippen LogP contribution in [0.3, 0.4) is 0 Å². The van der Waals surface area contributed by atoms with Crippen LogP contribution in [0.25, 0.3) is 0 Å². The zero-order valence-corrected chi connectivity index (χ0v) is 10.4. The number of methoxy groups -OCH3 is 1. The maximum absolute atomic E-state index is 6.02. The molecule has 1 heterocycles. The topological polar surface area (TPSA) is 21.7 Å². The largest absolute Gasteiger partial charge is 0.375 e. The molecule has 1 saturated carbocycles. The normalized spacial score (nSPS) is 35.8. The number of ether oxygens (including phenoxy) is 2. The highest BCUT2D eigenvalue weighted by Crippen LogP contribution is 2.43. The second-order valence-corrected chi connectivity index (χ2v) is 5.62. The Morgan fingerprint density at radius 3 is 2.40 bits per heavy atom. The Kier molecular flexibility index (Phi) is 2.82. The number of nitrogens with zero attached hydrogens (tertiary/aromatic N) is 1. The molecule has 0 aromatic carbocycles. The molecular weight excluding hydrogens is 190 g/mol. The Bertz CT molecular complexity index is 238. The minimum Gasteiger partial charge on any atom is -0.375 e. The van der Waals surface area contributed by atoms with Gasteiger partial charge in [-0.25, -0.2) is 0 Å². The van der Waals surface area contributed by atoms with Crippen LogP contribution >= 0.6 is 0 Å². The summed E-state index contributed by atoms with van der Waals surface area (Å²) in [5.74, 6) is 0. The van der Waals surface area contributed by atoms with Crippen molar-refractivity contribution in [2.45, 2.75) is 50.9 Å². The summed E-state index contributed by atoms with van der Waals surface area (Å²) < 4.78 is 11.6. The smallest absolute Gasteiger partial charge is 0.101 e. The molecule has 3 nitrogen and oxygen atoms in total. The standard InChI is InChI=1S/C12H23NO2/c1-10(2)13-7-11(3,14-4)9-15-12(8-13)5-6-12/h10H,5-9H2,1-4H3/t11-/m1/s1. The van der Waals surface area contributed by atoms with E-state index in [0.29, 0.717) is 6.04 Å². The summed E-state index contributed by atoms with van der Waals surface area (Å²) in [6, 6.07) is 0.568. The molecule has 0 unspecified atom stereocenters. The van der Waals surface area contributed by atoms with Crippen molar-refractivity contribution in [3.63, 3.8) is 0 Å². The summed E-state index contributed by atoms with van der Waals surface area (Å²) in [4.78, 5) is 2.49. The van der Waals surface area contributed by atoms with Crippen LogP contribution in [0.5, 0.6) is 0 Å². The highest BCUT2D eigenvalue weighted by Gasteiger charge is 2.50. The van der Waals surface area contributed by atoms with E-state index in [0.717, 1.165) is 19.7 Å². The van der Waals surface area contributed by atoms with E-state index in [1.165, 1.54) is 12.8 Å². The molecule has 0 aromatic heterocycles. The van der Waals surface area contributed by atoms with Crippen molar-refractivity contribution >= 4 is 0 Å². The van der Waals surface area contributed by atoms with Gasteiger partial charge < -0.3 is 9.47 Å². The lowest BCUT2D eigenvalue weighted by Crippen LogP contribution is -2.46.